The van der Waals surface area contributed by atoms with Crippen LogP contribution in [0.15, 0.2) is 24.3 Å². The molecule has 0 radical (unpaired) electrons. The van der Waals surface area contributed by atoms with Crippen LogP contribution in [0.2, 0.25) is 0 Å². The Hall–Kier alpha value is -1.66. The standard InChI is InChI=1S/C80H155NO5/c1-3-5-7-9-11-13-15-17-19-21-22-37-41-44-48-52-56-60-64-68-72-78(83)77(76-82)81-79(84)73-69-65-61-57-53-49-45-42-38-35-33-31-29-27-25-23-24-26-28-30-32-34-36-39-43-47-51-55-59-63-67-71-75-86-80(85)74-70-66-62-58-54-50-46-40-20-18-16-14-12-10-8-6-4-2/h18,20,26,28,77-78,82-83H,3-17,19,21-25,27,29-76H2,1-2H3,(H,81,84)/b20-18-,28-26-. The molecule has 0 aliphatic rings. The second kappa shape index (κ2) is 75.8. The normalized spacial score (nSPS) is 12.6. The molecule has 3 N–H and O–H groups in total. The third kappa shape index (κ3) is 71.4. The number of aliphatic hydroxyl groups is 2. The van der Waals surface area contributed by atoms with Crippen LogP contribution in [0.25, 0.3) is 0 Å². The van der Waals surface area contributed by atoms with E-state index in [2.05, 4.69) is 43.5 Å². The fourth-order valence-electron chi connectivity index (χ4n) is 12.7. The van der Waals surface area contributed by atoms with Crippen molar-refractivity contribution in [1.29, 1.82) is 0 Å². The zero-order chi connectivity index (χ0) is 62.0. The highest BCUT2D eigenvalue weighted by Crippen LogP contribution is 2.20. The number of hydrogen-bond donors (Lipinski definition) is 3. The molecule has 6 nitrogen and oxygen atoms in total. The first kappa shape index (κ1) is 84.3. The summed E-state index contributed by atoms with van der Waals surface area (Å²) in [6.45, 7) is 5.00. The SMILES string of the molecule is CCCCCCCC/C=C\CCCCCCCCCC(=O)OCCCCCCCCCCCCCC/C=C\CCCCCCCCCCCCCCCCCCC(=O)NC(CO)C(O)CCCCCCCCCCCCCCCCCCCCCC. The predicted molar refractivity (Wildman–Crippen MR) is 380 cm³/mol. The van der Waals surface area contributed by atoms with Crippen LogP contribution in [0, 0.1) is 0 Å². The van der Waals surface area contributed by atoms with Crippen molar-refractivity contribution >= 4 is 11.9 Å². The topological polar surface area (TPSA) is 95.9 Å². The van der Waals surface area contributed by atoms with E-state index in [1.165, 1.54) is 372 Å². The summed E-state index contributed by atoms with van der Waals surface area (Å²) < 4.78 is 5.51. The molecule has 0 aromatic carbocycles. The van der Waals surface area contributed by atoms with Crippen molar-refractivity contribution in [3.8, 4) is 0 Å². The lowest BCUT2D eigenvalue weighted by atomic mass is 10.0. The van der Waals surface area contributed by atoms with Crippen molar-refractivity contribution in [1.82, 2.24) is 5.32 Å². The van der Waals surface area contributed by atoms with Gasteiger partial charge in [-0.2, -0.15) is 0 Å². The molecule has 0 rings (SSSR count). The Kier molecular flexibility index (Phi) is 74.3. The average molecular weight is 1210 g/mol. The minimum atomic E-state index is -0.663. The van der Waals surface area contributed by atoms with Gasteiger partial charge in [-0.25, -0.2) is 0 Å². The van der Waals surface area contributed by atoms with Crippen LogP contribution >= 0.6 is 0 Å². The van der Waals surface area contributed by atoms with E-state index in [9.17, 15) is 19.8 Å². The minimum absolute atomic E-state index is 0.0159. The second-order valence-corrected chi connectivity index (χ2v) is 27.4. The molecule has 0 saturated heterocycles. The van der Waals surface area contributed by atoms with Crippen LogP contribution in [0.3, 0.4) is 0 Å². The summed E-state index contributed by atoms with van der Waals surface area (Å²) in [6, 6.07) is -0.540. The predicted octanol–water partition coefficient (Wildman–Crippen LogP) is 26.0. The summed E-state index contributed by atoms with van der Waals surface area (Å²) in [6.07, 6.45) is 96.9. The average Bonchev–Trinajstić information content (AvgIpc) is 3.54. The Labute approximate surface area is 539 Å². The highest BCUT2D eigenvalue weighted by molar-refractivity contribution is 5.76. The highest BCUT2D eigenvalue weighted by atomic mass is 16.5. The second-order valence-electron chi connectivity index (χ2n) is 27.4. The van der Waals surface area contributed by atoms with Crippen molar-refractivity contribution in [3.05, 3.63) is 24.3 Å². The van der Waals surface area contributed by atoms with Gasteiger partial charge in [-0.1, -0.05) is 385 Å². The van der Waals surface area contributed by atoms with Crippen LogP contribution in [-0.4, -0.2) is 47.4 Å². The van der Waals surface area contributed by atoms with E-state index in [4.69, 9.17) is 4.74 Å². The molecule has 0 heterocycles. The molecule has 0 aliphatic heterocycles. The van der Waals surface area contributed by atoms with Crippen molar-refractivity contribution in [3.63, 3.8) is 0 Å². The number of amides is 1. The molecule has 86 heavy (non-hydrogen) atoms. The van der Waals surface area contributed by atoms with Crippen LogP contribution in [-0.2, 0) is 14.3 Å². The van der Waals surface area contributed by atoms with E-state index in [-0.39, 0.29) is 18.5 Å². The van der Waals surface area contributed by atoms with Gasteiger partial charge in [-0.3, -0.25) is 9.59 Å². The summed E-state index contributed by atoms with van der Waals surface area (Å²) in [5.74, 6) is -0.0114. The third-order valence-corrected chi connectivity index (χ3v) is 18.7. The van der Waals surface area contributed by atoms with E-state index >= 15 is 0 Å². The maximum atomic E-state index is 12.6. The number of esters is 1. The van der Waals surface area contributed by atoms with Gasteiger partial charge in [-0.15, -0.1) is 0 Å². The summed E-state index contributed by atoms with van der Waals surface area (Å²) >= 11 is 0. The molecule has 0 aromatic rings. The zero-order valence-corrected chi connectivity index (χ0v) is 58.6. The number of nitrogens with one attached hydrogen (secondary N) is 1. The lowest BCUT2D eigenvalue weighted by Crippen LogP contribution is -2.45. The van der Waals surface area contributed by atoms with E-state index in [1.807, 2.05) is 0 Å². The number of carbonyl (C=O) groups excluding carboxylic acids is 2. The molecule has 0 saturated carbocycles. The summed E-state index contributed by atoms with van der Waals surface area (Å²) in [5, 5.41) is 23.4. The van der Waals surface area contributed by atoms with Crippen LogP contribution < -0.4 is 5.32 Å². The number of rotatable bonds is 75. The first-order valence-electron chi connectivity index (χ1n) is 39.6. The number of hydrogen-bond acceptors (Lipinski definition) is 5. The lowest BCUT2D eigenvalue weighted by molar-refractivity contribution is -0.143. The highest BCUT2D eigenvalue weighted by Gasteiger charge is 2.20. The van der Waals surface area contributed by atoms with Crippen molar-refractivity contribution in [2.24, 2.45) is 0 Å². The van der Waals surface area contributed by atoms with Crippen molar-refractivity contribution < 1.29 is 24.5 Å². The molecule has 0 spiro atoms. The maximum absolute atomic E-state index is 12.6. The molecule has 510 valence electrons. The molecule has 0 bridgehead atoms. The first-order chi connectivity index (χ1) is 42.5. The number of aliphatic hydroxyl groups excluding tert-OH is 2. The quantitative estimate of drug-likeness (QED) is 0.0320. The molecule has 0 aliphatic carbocycles. The lowest BCUT2D eigenvalue weighted by Gasteiger charge is -2.22. The van der Waals surface area contributed by atoms with Gasteiger partial charge in [0.25, 0.3) is 0 Å². The Morgan fingerprint density at radius 2 is 0.547 bits per heavy atom. The summed E-state index contributed by atoms with van der Waals surface area (Å²) in [5.41, 5.74) is 0. The number of carbonyl (C=O) groups is 2. The Balaban J connectivity index is 3.35. The van der Waals surface area contributed by atoms with E-state index in [0.717, 1.165) is 44.9 Å². The molecule has 6 heteroatoms. The Morgan fingerprint density at radius 3 is 0.826 bits per heavy atom. The van der Waals surface area contributed by atoms with Gasteiger partial charge in [0, 0.05) is 12.8 Å². The molecular weight excluding hydrogens is 1050 g/mol. The fraction of sp³-hybridized carbons (Fsp3) is 0.925. The van der Waals surface area contributed by atoms with Crippen LogP contribution in [0.1, 0.15) is 450 Å². The van der Waals surface area contributed by atoms with Gasteiger partial charge in [0.1, 0.15) is 0 Å². The number of ether oxygens (including phenoxy) is 1. The summed E-state index contributed by atoms with van der Waals surface area (Å²) in [4.78, 5) is 24.7. The van der Waals surface area contributed by atoms with Gasteiger partial charge >= 0.3 is 5.97 Å². The molecule has 1 amide bonds. The fourth-order valence-corrected chi connectivity index (χ4v) is 12.7. The third-order valence-electron chi connectivity index (χ3n) is 18.7. The van der Waals surface area contributed by atoms with Gasteiger partial charge in [0.2, 0.25) is 5.91 Å². The van der Waals surface area contributed by atoms with E-state index < -0.39 is 12.1 Å². The van der Waals surface area contributed by atoms with Crippen molar-refractivity contribution in [2.45, 2.75) is 463 Å². The van der Waals surface area contributed by atoms with Gasteiger partial charge in [-0.05, 0) is 77.0 Å². The van der Waals surface area contributed by atoms with Gasteiger partial charge in [0.05, 0.1) is 25.4 Å². The molecule has 2 unspecified atom stereocenters. The molecule has 0 fully saturated rings. The smallest absolute Gasteiger partial charge is 0.305 e. The van der Waals surface area contributed by atoms with Gasteiger partial charge < -0.3 is 20.3 Å². The Bertz CT molecular complexity index is 1350. The zero-order valence-electron chi connectivity index (χ0n) is 58.6. The number of unbranched alkanes of at least 4 members (excludes halogenated alkanes) is 60. The first-order valence-corrected chi connectivity index (χ1v) is 39.6. The Morgan fingerprint density at radius 1 is 0.314 bits per heavy atom. The monoisotopic (exact) mass is 1210 g/mol. The molecule has 0 aromatic heterocycles. The van der Waals surface area contributed by atoms with Crippen molar-refractivity contribution in [2.75, 3.05) is 13.2 Å². The van der Waals surface area contributed by atoms with Crippen LogP contribution in [0.4, 0.5) is 0 Å². The largest absolute Gasteiger partial charge is 0.466 e. The van der Waals surface area contributed by atoms with Gasteiger partial charge in [0.15, 0.2) is 0 Å². The van der Waals surface area contributed by atoms with E-state index in [1.54, 1.807) is 0 Å². The maximum Gasteiger partial charge on any atom is 0.305 e. The molecule has 2 atom stereocenters. The molecular formula is C80H155NO5. The summed E-state index contributed by atoms with van der Waals surface area (Å²) in [7, 11) is 0. The number of allylic oxidation sites excluding steroid dienone is 4. The van der Waals surface area contributed by atoms with Crippen LogP contribution in [0.5, 0.6) is 0 Å². The minimum Gasteiger partial charge on any atom is -0.466 e. The van der Waals surface area contributed by atoms with E-state index in [0.29, 0.717) is 25.9 Å².